The minimum Gasteiger partial charge on any atom is -0.378 e. The van der Waals surface area contributed by atoms with E-state index < -0.39 is 4.92 Å². The summed E-state index contributed by atoms with van der Waals surface area (Å²) in [5.41, 5.74) is 4.53. The molecule has 1 aliphatic rings. The Morgan fingerprint density at radius 2 is 2.00 bits per heavy atom. The van der Waals surface area contributed by atoms with E-state index in [1.54, 1.807) is 6.21 Å². The minimum absolute atomic E-state index is 0.114. The summed E-state index contributed by atoms with van der Waals surface area (Å²) in [6, 6.07) is 10.8. The normalized spacial score (nSPS) is 14.8. The van der Waals surface area contributed by atoms with E-state index in [-0.39, 0.29) is 11.5 Å². The predicted molar refractivity (Wildman–Crippen MR) is 91.6 cm³/mol. The van der Waals surface area contributed by atoms with Gasteiger partial charge in [0.15, 0.2) is 0 Å². The molecule has 1 fully saturated rings. The van der Waals surface area contributed by atoms with Crippen LogP contribution in [0.4, 0.5) is 17.2 Å². The summed E-state index contributed by atoms with van der Waals surface area (Å²) in [5, 5.41) is 14.9. The molecule has 1 aliphatic heterocycles. The van der Waals surface area contributed by atoms with Gasteiger partial charge in [0.2, 0.25) is 5.82 Å². The van der Waals surface area contributed by atoms with E-state index in [9.17, 15) is 10.1 Å². The van der Waals surface area contributed by atoms with Crippen LogP contribution < -0.4 is 10.3 Å². The molecule has 8 nitrogen and oxygen atoms in total. The third-order valence-corrected chi connectivity index (χ3v) is 3.64. The van der Waals surface area contributed by atoms with Crippen LogP contribution in [-0.2, 0) is 4.74 Å². The second kappa shape index (κ2) is 7.51. The summed E-state index contributed by atoms with van der Waals surface area (Å²) in [5.74, 6) is 0.115. The highest BCUT2D eigenvalue weighted by Crippen LogP contribution is 2.20. The van der Waals surface area contributed by atoms with Crippen LogP contribution in [-0.4, -0.2) is 42.4 Å². The van der Waals surface area contributed by atoms with E-state index in [1.165, 1.54) is 18.3 Å². The SMILES string of the molecule is O=[N+]([O-])c1cccnc1N/N=C\c1ccc(N2CCOCC2)cc1. The summed E-state index contributed by atoms with van der Waals surface area (Å²) >= 11 is 0. The summed E-state index contributed by atoms with van der Waals surface area (Å²) in [4.78, 5) is 16.6. The smallest absolute Gasteiger partial charge is 0.313 e. The maximum atomic E-state index is 10.9. The van der Waals surface area contributed by atoms with Crippen LogP contribution >= 0.6 is 0 Å². The Labute approximate surface area is 138 Å². The fourth-order valence-corrected chi connectivity index (χ4v) is 2.39. The third kappa shape index (κ3) is 3.85. The monoisotopic (exact) mass is 327 g/mol. The van der Waals surface area contributed by atoms with Crippen LogP contribution in [0.2, 0.25) is 0 Å². The third-order valence-electron chi connectivity index (χ3n) is 3.64. The molecule has 2 aromatic rings. The summed E-state index contributed by atoms with van der Waals surface area (Å²) in [6.45, 7) is 3.27. The standard InChI is InChI=1S/C16H17N5O3/c22-21(23)15-2-1-7-17-16(15)19-18-12-13-3-5-14(6-4-13)20-8-10-24-11-9-20/h1-7,12H,8-11H2,(H,17,19)/b18-12-. The van der Waals surface area contributed by atoms with Gasteiger partial charge in [0.25, 0.3) is 0 Å². The van der Waals surface area contributed by atoms with Gasteiger partial charge in [0.1, 0.15) is 0 Å². The van der Waals surface area contributed by atoms with Gasteiger partial charge >= 0.3 is 5.69 Å². The lowest BCUT2D eigenvalue weighted by molar-refractivity contribution is -0.384. The Morgan fingerprint density at radius 3 is 2.71 bits per heavy atom. The first-order valence-electron chi connectivity index (χ1n) is 7.55. The quantitative estimate of drug-likeness (QED) is 0.514. The van der Waals surface area contributed by atoms with E-state index in [1.807, 2.05) is 24.3 Å². The first kappa shape index (κ1) is 15.9. The fourth-order valence-electron chi connectivity index (χ4n) is 2.39. The fraction of sp³-hybridized carbons (Fsp3) is 0.250. The number of hydrazone groups is 1. The van der Waals surface area contributed by atoms with Gasteiger partial charge in [-0.25, -0.2) is 4.98 Å². The Morgan fingerprint density at radius 1 is 1.25 bits per heavy atom. The van der Waals surface area contributed by atoms with Crippen molar-refractivity contribution in [1.29, 1.82) is 0 Å². The van der Waals surface area contributed by atoms with Gasteiger partial charge in [0.05, 0.1) is 24.4 Å². The van der Waals surface area contributed by atoms with Crippen molar-refractivity contribution in [3.8, 4) is 0 Å². The maximum Gasteiger partial charge on any atom is 0.313 e. The van der Waals surface area contributed by atoms with Gasteiger partial charge in [-0.3, -0.25) is 15.5 Å². The van der Waals surface area contributed by atoms with E-state index in [0.717, 1.165) is 37.6 Å². The average Bonchev–Trinajstić information content (AvgIpc) is 2.63. The van der Waals surface area contributed by atoms with Crippen molar-refractivity contribution in [2.24, 2.45) is 5.10 Å². The number of ether oxygens (including phenoxy) is 1. The van der Waals surface area contributed by atoms with Crippen LogP contribution in [0, 0.1) is 10.1 Å². The number of rotatable bonds is 5. The molecule has 124 valence electrons. The van der Waals surface area contributed by atoms with Gasteiger partial charge in [-0.1, -0.05) is 12.1 Å². The molecule has 1 N–H and O–H groups in total. The molecule has 0 atom stereocenters. The number of aromatic nitrogens is 1. The lowest BCUT2D eigenvalue weighted by Crippen LogP contribution is -2.36. The first-order valence-corrected chi connectivity index (χ1v) is 7.55. The number of hydrogen-bond donors (Lipinski definition) is 1. The molecule has 8 heteroatoms. The number of morpholine rings is 1. The van der Waals surface area contributed by atoms with Gasteiger partial charge in [0, 0.05) is 31.0 Å². The van der Waals surface area contributed by atoms with Crippen LogP contribution in [0.25, 0.3) is 0 Å². The van der Waals surface area contributed by atoms with Crippen LogP contribution in [0.15, 0.2) is 47.7 Å². The largest absolute Gasteiger partial charge is 0.378 e. The molecule has 1 aromatic carbocycles. The molecule has 2 heterocycles. The number of nitrogens with one attached hydrogen (secondary N) is 1. The number of nitro groups is 1. The number of benzene rings is 1. The van der Waals surface area contributed by atoms with Gasteiger partial charge in [-0.2, -0.15) is 5.10 Å². The minimum atomic E-state index is -0.498. The highest BCUT2D eigenvalue weighted by Gasteiger charge is 2.13. The Kier molecular flexibility index (Phi) is 4.97. The molecule has 0 aliphatic carbocycles. The van der Waals surface area contributed by atoms with Crippen molar-refractivity contribution in [3.05, 3.63) is 58.3 Å². The van der Waals surface area contributed by atoms with Gasteiger partial charge < -0.3 is 9.64 Å². The van der Waals surface area contributed by atoms with Crippen molar-refractivity contribution < 1.29 is 9.66 Å². The zero-order valence-corrected chi connectivity index (χ0v) is 13.0. The Bertz CT molecular complexity index is 727. The second-order valence-corrected chi connectivity index (χ2v) is 5.19. The zero-order chi connectivity index (χ0) is 16.8. The number of anilines is 2. The van der Waals surface area contributed by atoms with E-state index in [4.69, 9.17) is 4.74 Å². The van der Waals surface area contributed by atoms with Crippen LogP contribution in [0.5, 0.6) is 0 Å². The van der Waals surface area contributed by atoms with E-state index >= 15 is 0 Å². The van der Waals surface area contributed by atoms with Gasteiger partial charge in [-0.15, -0.1) is 0 Å². The number of hydrogen-bond acceptors (Lipinski definition) is 7. The van der Waals surface area contributed by atoms with Crippen molar-refractivity contribution in [3.63, 3.8) is 0 Å². The van der Waals surface area contributed by atoms with Crippen molar-refractivity contribution in [2.45, 2.75) is 0 Å². The molecule has 0 amide bonds. The van der Waals surface area contributed by atoms with Gasteiger partial charge in [-0.05, 0) is 23.8 Å². The Hall–Kier alpha value is -3.00. The zero-order valence-electron chi connectivity index (χ0n) is 13.0. The van der Waals surface area contributed by atoms with Crippen LogP contribution in [0.1, 0.15) is 5.56 Å². The maximum absolute atomic E-state index is 10.9. The topological polar surface area (TPSA) is 92.9 Å². The molecule has 1 saturated heterocycles. The van der Waals surface area contributed by atoms with E-state index in [0.29, 0.717) is 0 Å². The molecule has 0 radical (unpaired) electrons. The molecule has 0 unspecified atom stereocenters. The predicted octanol–water partition coefficient (Wildman–Crippen LogP) is 2.27. The highest BCUT2D eigenvalue weighted by molar-refractivity contribution is 5.81. The van der Waals surface area contributed by atoms with Crippen molar-refractivity contribution in [2.75, 3.05) is 36.6 Å². The highest BCUT2D eigenvalue weighted by atomic mass is 16.6. The lowest BCUT2D eigenvalue weighted by atomic mass is 10.2. The molecule has 1 aromatic heterocycles. The molecule has 0 saturated carbocycles. The molecule has 24 heavy (non-hydrogen) atoms. The summed E-state index contributed by atoms with van der Waals surface area (Å²) in [6.07, 6.45) is 3.07. The molecule has 3 rings (SSSR count). The average molecular weight is 327 g/mol. The molecule has 0 spiro atoms. The molecule has 0 bridgehead atoms. The first-order chi connectivity index (χ1) is 11.7. The number of pyridine rings is 1. The summed E-state index contributed by atoms with van der Waals surface area (Å²) < 4.78 is 5.34. The lowest BCUT2D eigenvalue weighted by Gasteiger charge is -2.28. The van der Waals surface area contributed by atoms with Crippen molar-refractivity contribution >= 4 is 23.4 Å². The molecular weight excluding hydrogens is 310 g/mol. The molecular formula is C16H17N5O3. The van der Waals surface area contributed by atoms with Crippen LogP contribution in [0.3, 0.4) is 0 Å². The second-order valence-electron chi connectivity index (χ2n) is 5.19. The van der Waals surface area contributed by atoms with E-state index in [2.05, 4.69) is 20.4 Å². The Balaban J connectivity index is 1.64. The summed E-state index contributed by atoms with van der Waals surface area (Å²) in [7, 11) is 0. The number of nitrogens with zero attached hydrogens (tertiary/aromatic N) is 4. The van der Waals surface area contributed by atoms with Crippen molar-refractivity contribution in [1.82, 2.24) is 4.98 Å².